The van der Waals surface area contributed by atoms with Crippen molar-refractivity contribution in [3.8, 4) is 22.8 Å². The lowest BCUT2D eigenvalue weighted by Crippen LogP contribution is -2.12. The molecule has 0 bridgehead atoms. The minimum absolute atomic E-state index is 0.100. The second-order valence-corrected chi connectivity index (χ2v) is 7.52. The van der Waals surface area contributed by atoms with Gasteiger partial charge in [-0.2, -0.15) is 9.61 Å². The number of nitro groups is 1. The second kappa shape index (κ2) is 8.51. The monoisotopic (exact) mass is 451 g/mol. The van der Waals surface area contributed by atoms with Crippen LogP contribution in [0.15, 0.2) is 79.0 Å². The van der Waals surface area contributed by atoms with Crippen LogP contribution in [-0.4, -0.2) is 35.6 Å². The molecule has 3 aromatic heterocycles. The molecule has 0 aliphatic heterocycles. The summed E-state index contributed by atoms with van der Waals surface area (Å²) in [5.74, 6) is 0.0720. The van der Waals surface area contributed by atoms with Gasteiger partial charge in [0.2, 0.25) is 5.82 Å². The molecule has 0 saturated heterocycles. The van der Waals surface area contributed by atoms with E-state index >= 15 is 0 Å². The number of carbonyl (C=O) groups excluding carboxylic acids is 1. The molecule has 34 heavy (non-hydrogen) atoms. The molecule has 1 N–H and O–H groups in total. The van der Waals surface area contributed by atoms with Crippen LogP contribution in [0, 0.1) is 17.0 Å². The first kappa shape index (κ1) is 20.9. The van der Waals surface area contributed by atoms with E-state index in [0.29, 0.717) is 34.1 Å². The van der Waals surface area contributed by atoms with Crippen LogP contribution in [0.4, 0.5) is 11.4 Å². The Bertz CT molecular complexity index is 1550. The summed E-state index contributed by atoms with van der Waals surface area (Å²) in [7, 11) is 0. The lowest BCUT2D eigenvalue weighted by atomic mass is 10.1. The van der Waals surface area contributed by atoms with Crippen LogP contribution >= 0.6 is 0 Å². The van der Waals surface area contributed by atoms with Crippen molar-refractivity contribution in [2.24, 2.45) is 0 Å². The highest BCUT2D eigenvalue weighted by Gasteiger charge is 2.16. The molecule has 0 radical (unpaired) electrons. The van der Waals surface area contributed by atoms with E-state index in [1.165, 1.54) is 6.07 Å². The number of aryl methyl sites for hydroxylation is 1. The topological polar surface area (TPSA) is 128 Å². The summed E-state index contributed by atoms with van der Waals surface area (Å²) in [6.45, 7) is 1.63. The smallest absolute Gasteiger partial charge is 0.273 e. The first-order valence-electron chi connectivity index (χ1n) is 10.3. The minimum atomic E-state index is -0.501. The molecule has 2 aromatic carbocycles. The van der Waals surface area contributed by atoms with Crippen LogP contribution in [0.5, 0.6) is 0 Å². The van der Waals surface area contributed by atoms with Crippen LogP contribution in [0.2, 0.25) is 0 Å². The lowest BCUT2D eigenvalue weighted by Gasteiger charge is -2.08. The number of hydrogen-bond acceptors (Lipinski definition) is 7. The van der Waals surface area contributed by atoms with E-state index in [2.05, 4.69) is 25.6 Å². The quantitative estimate of drug-likeness (QED) is 0.311. The highest BCUT2D eigenvalue weighted by molar-refractivity contribution is 6.05. The van der Waals surface area contributed by atoms with Gasteiger partial charge in [0, 0.05) is 34.6 Å². The molecular formula is C24H17N7O3. The van der Waals surface area contributed by atoms with Crippen molar-refractivity contribution < 1.29 is 9.72 Å². The summed E-state index contributed by atoms with van der Waals surface area (Å²) in [4.78, 5) is 27.7. The molecular weight excluding hydrogens is 434 g/mol. The molecule has 5 rings (SSSR count). The van der Waals surface area contributed by atoms with E-state index < -0.39 is 10.8 Å². The highest BCUT2D eigenvalue weighted by Crippen LogP contribution is 2.24. The van der Waals surface area contributed by atoms with Crippen LogP contribution in [0.25, 0.3) is 28.4 Å². The number of carbonyl (C=O) groups is 1. The summed E-state index contributed by atoms with van der Waals surface area (Å²) in [5, 5.41) is 27.0. The third-order valence-corrected chi connectivity index (χ3v) is 5.24. The summed E-state index contributed by atoms with van der Waals surface area (Å²) in [6.07, 6.45) is 1.68. The molecule has 10 heteroatoms. The number of amides is 1. The van der Waals surface area contributed by atoms with E-state index in [4.69, 9.17) is 0 Å². The number of nitro benzene ring substituents is 1. The van der Waals surface area contributed by atoms with Crippen molar-refractivity contribution in [2.45, 2.75) is 6.92 Å². The lowest BCUT2D eigenvalue weighted by molar-refractivity contribution is -0.385. The van der Waals surface area contributed by atoms with Crippen LogP contribution in [0.1, 0.15) is 15.9 Å². The average Bonchev–Trinajstić information content (AvgIpc) is 3.28. The van der Waals surface area contributed by atoms with Gasteiger partial charge in [0.05, 0.1) is 10.6 Å². The SMILES string of the molecule is Cc1ccc(C(=O)Nc2cccc(-c3ccc4nnc(-c5ccccn5)n4n3)c2)cc1[N+](=O)[O-]. The molecule has 10 nitrogen and oxygen atoms in total. The molecule has 0 unspecified atom stereocenters. The molecule has 3 heterocycles. The number of nitrogens with zero attached hydrogens (tertiary/aromatic N) is 6. The average molecular weight is 451 g/mol. The van der Waals surface area contributed by atoms with E-state index in [1.807, 2.05) is 30.3 Å². The molecule has 0 fully saturated rings. The molecule has 0 saturated carbocycles. The van der Waals surface area contributed by atoms with Crippen molar-refractivity contribution >= 4 is 22.9 Å². The van der Waals surface area contributed by atoms with Crippen molar-refractivity contribution in [1.82, 2.24) is 24.8 Å². The van der Waals surface area contributed by atoms with E-state index in [1.54, 1.807) is 54.0 Å². The largest absolute Gasteiger partial charge is 0.322 e. The number of nitrogens with one attached hydrogen (secondary N) is 1. The molecule has 0 spiro atoms. The van der Waals surface area contributed by atoms with Crippen molar-refractivity contribution in [2.75, 3.05) is 5.32 Å². The zero-order valence-electron chi connectivity index (χ0n) is 17.9. The maximum atomic E-state index is 12.7. The fourth-order valence-corrected chi connectivity index (χ4v) is 3.50. The normalized spacial score (nSPS) is 10.9. The predicted molar refractivity (Wildman–Crippen MR) is 125 cm³/mol. The van der Waals surface area contributed by atoms with Gasteiger partial charge in [-0.05, 0) is 49.4 Å². The zero-order chi connectivity index (χ0) is 23.7. The highest BCUT2D eigenvalue weighted by atomic mass is 16.6. The van der Waals surface area contributed by atoms with E-state index in [-0.39, 0.29) is 11.3 Å². The maximum absolute atomic E-state index is 12.7. The van der Waals surface area contributed by atoms with Gasteiger partial charge in [-0.1, -0.05) is 24.3 Å². The van der Waals surface area contributed by atoms with E-state index in [9.17, 15) is 14.9 Å². The number of pyridine rings is 1. The third-order valence-electron chi connectivity index (χ3n) is 5.24. The Kier molecular flexibility index (Phi) is 5.23. The Balaban J connectivity index is 1.45. The van der Waals surface area contributed by atoms with Gasteiger partial charge >= 0.3 is 0 Å². The number of hydrogen-bond donors (Lipinski definition) is 1. The van der Waals surface area contributed by atoms with E-state index in [0.717, 1.165) is 5.56 Å². The second-order valence-electron chi connectivity index (χ2n) is 7.52. The van der Waals surface area contributed by atoms with Gasteiger partial charge in [-0.25, -0.2) is 0 Å². The zero-order valence-corrected chi connectivity index (χ0v) is 17.9. The Labute approximate surface area is 193 Å². The number of aromatic nitrogens is 5. The molecule has 5 aromatic rings. The third kappa shape index (κ3) is 3.95. The van der Waals surface area contributed by atoms with Crippen LogP contribution in [0.3, 0.4) is 0 Å². The predicted octanol–water partition coefficient (Wildman–Crippen LogP) is 4.32. The molecule has 0 aliphatic carbocycles. The fraction of sp³-hybridized carbons (Fsp3) is 0.0417. The number of rotatable bonds is 5. The minimum Gasteiger partial charge on any atom is -0.322 e. The maximum Gasteiger partial charge on any atom is 0.273 e. The molecule has 1 amide bonds. The number of anilines is 1. The number of fused-ring (bicyclic) bond motifs is 1. The first-order chi connectivity index (χ1) is 16.5. The summed E-state index contributed by atoms with van der Waals surface area (Å²) < 4.78 is 1.62. The van der Waals surface area contributed by atoms with Crippen LogP contribution in [-0.2, 0) is 0 Å². The van der Waals surface area contributed by atoms with Crippen molar-refractivity contribution in [1.29, 1.82) is 0 Å². The summed E-state index contributed by atoms with van der Waals surface area (Å²) in [5.41, 5.74) is 3.75. The van der Waals surface area contributed by atoms with Crippen molar-refractivity contribution in [3.63, 3.8) is 0 Å². The first-order valence-corrected chi connectivity index (χ1v) is 10.3. The Morgan fingerprint density at radius 2 is 1.85 bits per heavy atom. The number of benzene rings is 2. The Hall–Kier alpha value is -4.99. The van der Waals surface area contributed by atoms with Gasteiger partial charge in [0.1, 0.15) is 5.69 Å². The Morgan fingerprint density at radius 3 is 2.65 bits per heavy atom. The van der Waals surface area contributed by atoms with Crippen LogP contribution < -0.4 is 5.32 Å². The van der Waals surface area contributed by atoms with Gasteiger partial charge in [0.25, 0.3) is 11.6 Å². The van der Waals surface area contributed by atoms with Gasteiger partial charge < -0.3 is 5.32 Å². The van der Waals surface area contributed by atoms with Gasteiger partial charge in [-0.3, -0.25) is 19.9 Å². The van der Waals surface area contributed by atoms with Crippen molar-refractivity contribution in [3.05, 3.63) is 100 Å². The molecule has 166 valence electrons. The van der Waals surface area contributed by atoms with Gasteiger partial charge in [-0.15, -0.1) is 10.2 Å². The molecule has 0 atom stereocenters. The van der Waals surface area contributed by atoms with Gasteiger partial charge in [0.15, 0.2) is 5.65 Å². The molecule has 0 aliphatic rings. The Morgan fingerprint density at radius 1 is 0.971 bits per heavy atom. The fourth-order valence-electron chi connectivity index (χ4n) is 3.50. The summed E-state index contributed by atoms with van der Waals surface area (Å²) in [6, 6.07) is 20.7. The summed E-state index contributed by atoms with van der Waals surface area (Å²) >= 11 is 0. The standard InChI is InChI=1S/C24H17N7O3/c1-15-8-9-17(14-21(15)31(33)34)24(32)26-18-6-4-5-16(13-18)19-10-11-22-27-28-23(30(22)29-19)20-7-2-3-12-25-20/h2-14H,1H3,(H,26,32).